The van der Waals surface area contributed by atoms with E-state index < -0.39 is 0 Å². The first-order valence-electron chi connectivity index (χ1n) is 11.9. The molecule has 0 saturated carbocycles. The number of carbonyl (C=O) groups is 1. The zero-order chi connectivity index (χ0) is 23.2. The fourth-order valence-electron chi connectivity index (χ4n) is 4.48. The lowest BCUT2D eigenvalue weighted by molar-refractivity contribution is -0.126. The number of amides is 1. The van der Waals surface area contributed by atoms with Gasteiger partial charge in [0.1, 0.15) is 11.6 Å². The monoisotopic (exact) mass is 453 g/mol. The maximum atomic E-state index is 12.8. The van der Waals surface area contributed by atoms with Crippen molar-refractivity contribution in [3.8, 4) is 5.75 Å². The number of aromatic nitrogens is 3. The fourth-order valence-corrected chi connectivity index (χ4v) is 4.48. The number of nitrogens with zero attached hydrogens (tertiary/aromatic N) is 4. The summed E-state index contributed by atoms with van der Waals surface area (Å²) in [5.41, 5.74) is 1.08. The second-order valence-electron chi connectivity index (χ2n) is 9.11. The summed E-state index contributed by atoms with van der Waals surface area (Å²) in [7, 11) is 1.70. The van der Waals surface area contributed by atoms with Gasteiger partial charge in [-0.1, -0.05) is 44.2 Å². The summed E-state index contributed by atoms with van der Waals surface area (Å²) in [6.45, 7) is 8.89. The molecule has 2 aliphatic rings. The Morgan fingerprint density at radius 2 is 2.12 bits per heavy atom. The van der Waals surface area contributed by atoms with Crippen molar-refractivity contribution in [3.05, 3.63) is 47.6 Å². The van der Waals surface area contributed by atoms with Crippen molar-refractivity contribution in [1.29, 1.82) is 0 Å². The van der Waals surface area contributed by atoms with Gasteiger partial charge in [0.25, 0.3) is 0 Å². The van der Waals surface area contributed by atoms with Crippen LogP contribution in [0.3, 0.4) is 0 Å². The van der Waals surface area contributed by atoms with Crippen LogP contribution >= 0.6 is 0 Å². The molecule has 1 amide bonds. The van der Waals surface area contributed by atoms with Gasteiger partial charge in [0.2, 0.25) is 5.91 Å². The van der Waals surface area contributed by atoms with E-state index in [0.29, 0.717) is 13.2 Å². The van der Waals surface area contributed by atoms with E-state index in [-0.39, 0.29) is 23.8 Å². The molecular weight excluding hydrogens is 418 g/mol. The molecule has 0 aliphatic carbocycles. The Labute approximate surface area is 196 Å². The highest BCUT2D eigenvalue weighted by atomic mass is 16.5. The molecule has 33 heavy (non-hydrogen) atoms. The zero-order valence-electron chi connectivity index (χ0n) is 19.9. The third-order valence-corrected chi connectivity index (χ3v) is 6.49. The number of rotatable bonds is 8. The van der Waals surface area contributed by atoms with Crippen LogP contribution in [0.2, 0.25) is 0 Å². The van der Waals surface area contributed by atoms with E-state index in [2.05, 4.69) is 57.0 Å². The molecule has 8 heteroatoms. The number of fused-ring (bicyclic) bond motifs is 1. The van der Waals surface area contributed by atoms with Crippen molar-refractivity contribution in [2.75, 3.05) is 40.0 Å². The molecule has 8 nitrogen and oxygen atoms in total. The lowest BCUT2D eigenvalue weighted by atomic mass is 10.0. The van der Waals surface area contributed by atoms with Gasteiger partial charge in [-0.15, -0.1) is 10.2 Å². The van der Waals surface area contributed by atoms with Crippen LogP contribution in [0, 0.1) is 11.8 Å². The predicted octanol–water partition coefficient (Wildman–Crippen LogP) is 2.71. The van der Waals surface area contributed by atoms with Crippen molar-refractivity contribution in [2.45, 2.75) is 39.3 Å². The highest BCUT2D eigenvalue weighted by molar-refractivity contribution is 5.79. The first-order chi connectivity index (χ1) is 16.1. The van der Waals surface area contributed by atoms with E-state index in [0.717, 1.165) is 62.0 Å². The highest BCUT2D eigenvalue weighted by Gasteiger charge is 2.31. The number of benzene rings is 1. The van der Waals surface area contributed by atoms with Gasteiger partial charge in [-0.3, -0.25) is 9.69 Å². The number of hydrogen-bond acceptors (Lipinski definition) is 6. The normalized spacial score (nSPS) is 20.1. The van der Waals surface area contributed by atoms with E-state index in [1.807, 2.05) is 18.2 Å². The van der Waals surface area contributed by atoms with Gasteiger partial charge >= 0.3 is 0 Å². The number of carbonyl (C=O) groups excluding carboxylic acids is 1. The summed E-state index contributed by atoms with van der Waals surface area (Å²) >= 11 is 0. The molecule has 0 unspecified atom stereocenters. The molecule has 2 aromatic rings. The topological polar surface area (TPSA) is 81.5 Å². The lowest BCUT2D eigenvalue weighted by Crippen LogP contribution is -2.38. The molecular formula is C25H35N5O3. The molecule has 1 N–H and O–H groups in total. The Kier molecular flexibility index (Phi) is 7.77. The Morgan fingerprint density at radius 3 is 2.88 bits per heavy atom. The number of ether oxygens (including phenoxy) is 2. The molecule has 0 bridgehead atoms. The van der Waals surface area contributed by atoms with Crippen LogP contribution in [0.15, 0.2) is 30.3 Å². The first kappa shape index (κ1) is 23.4. The van der Waals surface area contributed by atoms with Gasteiger partial charge in [0, 0.05) is 44.8 Å². The van der Waals surface area contributed by atoms with Crippen molar-refractivity contribution >= 4 is 12.0 Å². The van der Waals surface area contributed by atoms with Gasteiger partial charge < -0.3 is 19.4 Å². The van der Waals surface area contributed by atoms with Crippen LogP contribution in [0.1, 0.15) is 43.5 Å². The fraction of sp³-hybridized carbons (Fsp3) is 0.560. The average molecular weight is 454 g/mol. The molecule has 178 valence electrons. The van der Waals surface area contributed by atoms with Crippen LogP contribution < -0.4 is 10.1 Å². The van der Waals surface area contributed by atoms with E-state index in [1.165, 1.54) is 0 Å². The summed E-state index contributed by atoms with van der Waals surface area (Å²) < 4.78 is 13.0. The molecule has 1 aromatic heterocycles. The second kappa shape index (κ2) is 10.9. The SMILES string of the molecule is COc1ccccc1/C=C/CN1CCc2nnc([C@@H](NC(=O)[C@@H]3CCOC3)C(C)C)n2CC1. The van der Waals surface area contributed by atoms with Crippen LogP contribution in [0.5, 0.6) is 5.75 Å². The highest BCUT2D eigenvalue weighted by Crippen LogP contribution is 2.24. The van der Waals surface area contributed by atoms with Gasteiger partial charge in [0.15, 0.2) is 5.82 Å². The van der Waals surface area contributed by atoms with Crippen molar-refractivity contribution in [1.82, 2.24) is 25.0 Å². The number of methoxy groups -OCH3 is 1. The van der Waals surface area contributed by atoms with Gasteiger partial charge in [0.05, 0.1) is 25.7 Å². The first-order valence-corrected chi connectivity index (χ1v) is 11.9. The Hall–Kier alpha value is -2.71. The van der Waals surface area contributed by atoms with Gasteiger partial charge in [-0.2, -0.15) is 0 Å². The van der Waals surface area contributed by atoms with Gasteiger partial charge in [-0.25, -0.2) is 0 Å². The number of nitrogens with one attached hydrogen (secondary N) is 1. The van der Waals surface area contributed by atoms with Crippen molar-refractivity contribution in [3.63, 3.8) is 0 Å². The standard InChI is InChI=1S/C25H35N5O3/c1-18(2)23(26-25(31)20-11-16-33-17-20)24-28-27-22-10-13-29(14-15-30(22)24)12-6-8-19-7-4-5-9-21(19)32-3/h4-9,18,20,23H,10-17H2,1-3H3,(H,26,31)/b8-6+/t20-,23+/m1/s1. The maximum Gasteiger partial charge on any atom is 0.226 e. The van der Waals surface area contributed by atoms with Crippen molar-refractivity contribution in [2.24, 2.45) is 11.8 Å². The molecule has 0 radical (unpaired) electrons. The van der Waals surface area contributed by atoms with Crippen LogP contribution in [0.4, 0.5) is 0 Å². The lowest BCUT2D eigenvalue weighted by Gasteiger charge is -2.24. The minimum atomic E-state index is -0.156. The van der Waals surface area contributed by atoms with E-state index >= 15 is 0 Å². The molecule has 2 aliphatic heterocycles. The molecule has 1 fully saturated rings. The summed E-state index contributed by atoms with van der Waals surface area (Å²) in [4.78, 5) is 15.2. The summed E-state index contributed by atoms with van der Waals surface area (Å²) in [6.07, 6.45) is 5.93. The Morgan fingerprint density at radius 1 is 1.27 bits per heavy atom. The van der Waals surface area contributed by atoms with E-state index in [1.54, 1.807) is 7.11 Å². The Bertz CT molecular complexity index is 965. The van der Waals surface area contributed by atoms with Crippen LogP contribution in [-0.4, -0.2) is 65.5 Å². The minimum absolute atomic E-state index is 0.0558. The minimum Gasteiger partial charge on any atom is -0.496 e. The van der Waals surface area contributed by atoms with Crippen LogP contribution in [0.25, 0.3) is 6.08 Å². The smallest absolute Gasteiger partial charge is 0.226 e. The molecule has 1 saturated heterocycles. The Balaban J connectivity index is 1.40. The largest absolute Gasteiger partial charge is 0.496 e. The maximum absolute atomic E-state index is 12.8. The van der Waals surface area contributed by atoms with E-state index in [4.69, 9.17) is 9.47 Å². The molecule has 3 heterocycles. The van der Waals surface area contributed by atoms with Gasteiger partial charge in [-0.05, 0) is 18.4 Å². The van der Waals surface area contributed by atoms with Crippen LogP contribution in [-0.2, 0) is 22.5 Å². The zero-order valence-corrected chi connectivity index (χ0v) is 19.9. The summed E-state index contributed by atoms with van der Waals surface area (Å²) in [6, 6.07) is 7.88. The average Bonchev–Trinajstić information content (AvgIpc) is 3.45. The van der Waals surface area contributed by atoms with E-state index in [9.17, 15) is 4.79 Å². The quantitative estimate of drug-likeness (QED) is 0.662. The predicted molar refractivity (Wildman–Crippen MR) is 127 cm³/mol. The third kappa shape index (κ3) is 5.62. The number of para-hydroxylation sites is 1. The summed E-state index contributed by atoms with van der Waals surface area (Å²) in [5.74, 6) is 2.94. The third-order valence-electron chi connectivity index (χ3n) is 6.49. The number of hydrogen-bond donors (Lipinski definition) is 1. The molecule has 1 aromatic carbocycles. The molecule has 2 atom stereocenters. The molecule has 4 rings (SSSR count). The second-order valence-corrected chi connectivity index (χ2v) is 9.11. The van der Waals surface area contributed by atoms with Crippen molar-refractivity contribution < 1.29 is 14.3 Å². The summed E-state index contributed by atoms with van der Waals surface area (Å²) in [5, 5.41) is 12.2. The molecule has 0 spiro atoms.